The van der Waals surface area contributed by atoms with Crippen LogP contribution in [0.2, 0.25) is 0 Å². The summed E-state index contributed by atoms with van der Waals surface area (Å²) in [7, 11) is 0. The van der Waals surface area contributed by atoms with E-state index in [1.54, 1.807) is 6.08 Å². The first-order valence-corrected chi connectivity index (χ1v) is 4.59. The van der Waals surface area contributed by atoms with Crippen LogP contribution in [0.5, 0.6) is 0 Å². The summed E-state index contributed by atoms with van der Waals surface area (Å²) in [5.74, 6) is 2.56. The average Bonchev–Trinajstić information content (AvgIpc) is 2.11. The van der Waals surface area contributed by atoms with Gasteiger partial charge in [0.2, 0.25) is 0 Å². The molecule has 0 fully saturated rings. The monoisotopic (exact) mass is 228 g/mol. The SMILES string of the molecule is C#CC(C/C=C(\Br)C=C)OCC. The summed E-state index contributed by atoms with van der Waals surface area (Å²) in [6.45, 7) is 6.18. The summed E-state index contributed by atoms with van der Waals surface area (Å²) in [5, 5.41) is 0. The van der Waals surface area contributed by atoms with Gasteiger partial charge in [-0.25, -0.2) is 0 Å². The van der Waals surface area contributed by atoms with Crippen LogP contribution in [-0.4, -0.2) is 12.7 Å². The molecule has 1 nitrogen and oxygen atoms in total. The van der Waals surface area contributed by atoms with Crippen molar-refractivity contribution in [2.45, 2.75) is 19.4 Å². The second-order valence-corrected chi connectivity index (χ2v) is 3.06. The summed E-state index contributed by atoms with van der Waals surface area (Å²) >= 11 is 3.30. The molecule has 0 spiro atoms. The van der Waals surface area contributed by atoms with Crippen molar-refractivity contribution in [2.75, 3.05) is 6.61 Å². The fraction of sp³-hybridized carbons (Fsp3) is 0.400. The molecule has 0 rings (SSSR count). The fourth-order valence-corrected chi connectivity index (χ4v) is 0.875. The molecule has 0 aliphatic carbocycles. The molecule has 0 radical (unpaired) electrons. The highest BCUT2D eigenvalue weighted by Crippen LogP contribution is 2.09. The zero-order valence-electron chi connectivity index (χ0n) is 7.22. The molecular formula is C10H13BrO. The minimum Gasteiger partial charge on any atom is -0.365 e. The highest BCUT2D eigenvalue weighted by Gasteiger charge is 2.00. The van der Waals surface area contributed by atoms with Gasteiger partial charge in [0.25, 0.3) is 0 Å². The third kappa shape index (κ3) is 5.17. The van der Waals surface area contributed by atoms with Crippen molar-refractivity contribution in [1.82, 2.24) is 0 Å². The molecule has 0 amide bonds. The maximum Gasteiger partial charge on any atom is 0.121 e. The van der Waals surface area contributed by atoms with E-state index < -0.39 is 0 Å². The molecular weight excluding hydrogens is 216 g/mol. The molecule has 0 aliphatic rings. The Morgan fingerprint density at radius 3 is 2.92 bits per heavy atom. The Morgan fingerprint density at radius 1 is 1.83 bits per heavy atom. The van der Waals surface area contributed by atoms with Crippen molar-refractivity contribution < 1.29 is 4.74 Å². The summed E-state index contributed by atoms with van der Waals surface area (Å²) in [5.41, 5.74) is 0. The zero-order chi connectivity index (χ0) is 9.40. The summed E-state index contributed by atoms with van der Waals surface area (Å²) in [4.78, 5) is 0. The zero-order valence-corrected chi connectivity index (χ0v) is 8.80. The number of terminal acetylenes is 1. The Morgan fingerprint density at radius 2 is 2.50 bits per heavy atom. The number of rotatable bonds is 5. The quantitative estimate of drug-likeness (QED) is 0.520. The van der Waals surface area contributed by atoms with Gasteiger partial charge in [-0.15, -0.1) is 6.42 Å². The molecule has 1 unspecified atom stereocenters. The number of ether oxygens (including phenoxy) is 1. The maximum atomic E-state index is 5.25. The van der Waals surface area contributed by atoms with Gasteiger partial charge in [0.15, 0.2) is 0 Å². The molecule has 0 aromatic rings. The average molecular weight is 229 g/mol. The lowest BCUT2D eigenvalue weighted by Gasteiger charge is -2.06. The van der Waals surface area contributed by atoms with Gasteiger partial charge in [0.1, 0.15) is 6.10 Å². The third-order valence-corrected chi connectivity index (χ3v) is 1.92. The molecule has 0 heterocycles. The standard InChI is InChI=1S/C10H13BrO/c1-4-9(11)7-8-10(5-2)12-6-3/h2,4,7,10H,1,6,8H2,3H3/b9-7-. The first kappa shape index (κ1) is 11.5. The summed E-state index contributed by atoms with van der Waals surface area (Å²) in [6, 6.07) is 0. The van der Waals surface area contributed by atoms with E-state index in [4.69, 9.17) is 11.2 Å². The molecule has 12 heavy (non-hydrogen) atoms. The van der Waals surface area contributed by atoms with Crippen molar-refractivity contribution in [3.63, 3.8) is 0 Å². The normalized spacial score (nSPS) is 13.6. The Hall–Kier alpha value is -0.520. The molecule has 2 heteroatoms. The summed E-state index contributed by atoms with van der Waals surface area (Å²) in [6.07, 6.45) is 9.51. The van der Waals surface area contributed by atoms with E-state index in [1.165, 1.54) is 0 Å². The lowest BCUT2D eigenvalue weighted by atomic mass is 10.2. The molecule has 0 aromatic carbocycles. The Balaban J connectivity index is 3.88. The molecule has 0 saturated heterocycles. The molecule has 0 N–H and O–H groups in total. The lowest BCUT2D eigenvalue weighted by molar-refractivity contribution is 0.105. The Kier molecular flexibility index (Phi) is 6.84. The fourth-order valence-electron chi connectivity index (χ4n) is 0.688. The van der Waals surface area contributed by atoms with Crippen molar-refractivity contribution in [3.05, 3.63) is 23.2 Å². The van der Waals surface area contributed by atoms with Crippen LogP contribution >= 0.6 is 15.9 Å². The smallest absolute Gasteiger partial charge is 0.121 e. The number of allylic oxidation sites excluding steroid dienone is 2. The highest BCUT2D eigenvalue weighted by atomic mass is 79.9. The second-order valence-electron chi connectivity index (χ2n) is 2.14. The van der Waals surface area contributed by atoms with Crippen LogP contribution in [-0.2, 0) is 4.74 Å². The third-order valence-electron chi connectivity index (χ3n) is 1.28. The van der Waals surface area contributed by atoms with Gasteiger partial charge in [0.05, 0.1) is 0 Å². The maximum absolute atomic E-state index is 5.25. The molecule has 0 bridgehead atoms. The van der Waals surface area contributed by atoms with Crippen LogP contribution in [0.4, 0.5) is 0 Å². The van der Waals surface area contributed by atoms with Gasteiger partial charge in [-0.05, 0) is 6.92 Å². The molecule has 0 saturated carbocycles. The molecule has 66 valence electrons. The minimum absolute atomic E-state index is 0.123. The van der Waals surface area contributed by atoms with E-state index in [-0.39, 0.29) is 6.10 Å². The van der Waals surface area contributed by atoms with Crippen molar-refractivity contribution in [3.8, 4) is 12.3 Å². The lowest BCUT2D eigenvalue weighted by Crippen LogP contribution is -2.08. The molecule has 1 atom stereocenters. The first-order chi connectivity index (χ1) is 5.74. The van der Waals surface area contributed by atoms with Crippen molar-refractivity contribution in [1.29, 1.82) is 0 Å². The van der Waals surface area contributed by atoms with E-state index in [0.717, 1.165) is 10.9 Å². The topological polar surface area (TPSA) is 9.23 Å². The van der Waals surface area contributed by atoms with Crippen LogP contribution < -0.4 is 0 Å². The van der Waals surface area contributed by atoms with Crippen LogP contribution in [0.15, 0.2) is 23.2 Å². The van der Waals surface area contributed by atoms with Crippen LogP contribution in [0.1, 0.15) is 13.3 Å². The number of hydrogen-bond acceptors (Lipinski definition) is 1. The Labute approximate surface area is 82.6 Å². The van der Waals surface area contributed by atoms with E-state index in [2.05, 4.69) is 28.4 Å². The van der Waals surface area contributed by atoms with E-state index >= 15 is 0 Å². The van der Waals surface area contributed by atoms with Gasteiger partial charge in [-0.2, -0.15) is 0 Å². The van der Waals surface area contributed by atoms with Gasteiger partial charge >= 0.3 is 0 Å². The highest BCUT2D eigenvalue weighted by molar-refractivity contribution is 9.11. The number of hydrogen-bond donors (Lipinski definition) is 0. The van der Waals surface area contributed by atoms with E-state index in [0.29, 0.717) is 6.61 Å². The molecule has 0 aromatic heterocycles. The Bertz CT molecular complexity index is 200. The second kappa shape index (κ2) is 7.15. The molecule has 0 aliphatic heterocycles. The van der Waals surface area contributed by atoms with Gasteiger partial charge in [-0.3, -0.25) is 0 Å². The van der Waals surface area contributed by atoms with Crippen LogP contribution in [0, 0.1) is 12.3 Å². The van der Waals surface area contributed by atoms with E-state index in [9.17, 15) is 0 Å². The predicted molar refractivity (Wildman–Crippen MR) is 56.1 cm³/mol. The van der Waals surface area contributed by atoms with Crippen molar-refractivity contribution in [2.24, 2.45) is 0 Å². The minimum atomic E-state index is -0.123. The van der Waals surface area contributed by atoms with E-state index in [1.807, 2.05) is 13.0 Å². The van der Waals surface area contributed by atoms with Gasteiger partial charge < -0.3 is 4.74 Å². The van der Waals surface area contributed by atoms with Gasteiger partial charge in [-0.1, -0.05) is 40.6 Å². The predicted octanol–water partition coefficient (Wildman–Crippen LogP) is 2.88. The number of halogens is 1. The van der Waals surface area contributed by atoms with Crippen molar-refractivity contribution >= 4 is 15.9 Å². The van der Waals surface area contributed by atoms with Gasteiger partial charge in [0, 0.05) is 17.5 Å². The van der Waals surface area contributed by atoms with Crippen LogP contribution in [0.3, 0.4) is 0 Å². The first-order valence-electron chi connectivity index (χ1n) is 3.80. The summed E-state index contributed by atoms with van der Waals surface area (Å²) < 4.78 is 6.20. The largest absolute Gasteiger partial charge is 0.365 e. The van der Waals surface area contributed by atoms with Crippen LogP contribution in [0.25, 0.3) is 0 Å².